The van der Waals surface area contributed by atoms with Gasteiger partial charge in [0.1, 0.15) is 5.82 Å². The fourth-order valence-corrected chi connectivity index (χ4v) is 3.40. The van der Waals surface area contributed by atoms with Gasteiger partial charge < -0.3 is 10.6 Å². The van der Waals surface area contributed by atoms with Gasteiger partial charge in [0.15, 0.2) is 5.78 Å². The number of halogens is 1. The molecule has 1 aromatic carbocycles. The van der Waals surface area contributed by atoms with Gasteiger partial charge in [-0.2, -0.15) is 0 Å². The van der Waals surface area contributed by atoms with Crippen LogP contribution in [0.25, 0.3) is 11.3 Å². The average molecular weight is 423 g/mol. The summed E-state index contributed by atoms with van der Waals surface area (Å²) < 4.78 is 0. The van der Waals surface area contributed by atoms with Crippen LogP contribution in [0.3, 0.4) is 0 Å². The summed E-state index contributed by atoms with van der Waals surface area (Å²) in [5, 5.41) is 0.466. The molecule has 154 valence electrons. The van der Waals surface area contributed by atoms with Gasteiger partial charge >= 0.3 is 0 Å². The molecule has 0 bridgehead atoms. The standard InChI is InChI=1S/C23H23ClN4O2/c1-3-22(30)28(2)20-10-7-16(13-18(20)24)19-9-6-17(14-27-19)21(29)11-8-15-5-4-12-26-23(15)25/h4-7,9-10,12-14H,3,8,11H2,1-2H3,(H2,25,26). The average Bonchev–Trinajstić information content (AvgIpc) is 2.77. The summed E-state index contributed by atoms with van der Waals surface area (Å²) in [4.78, 5) is 34.4. The maximum atomic E-state index is 12.5. The van der Waals surface area contributed by atoms with Gasteiger partial charge in [0.25, 0.3) is 0 Å². The molecule has 0 saturated carbocycles. The zero-order valence-electron chi connectivity index (χ0n) is 16.9. The van der Waals surface area contributed by atoms with E-state index in [1.54, 1.807) is 56.7 Å². The molecule has 0 fully saturated rings. The normalized spacial score (nSPS) is 10.6. The van der Waals surface area contributed by atoms with Gasteiger partial charge in [-0.15, -0.1) is 0 Å². The maximum Gasteiger partial charge on any atom is 0.226 e. The van der Waals surface area contributed by atoms with Crippen molar-refractivity contribution in [2.75, 3.05) is 17.7 Å². The molecule has 3 rings (SSSR count). The van der Waals surface area contributed by atoms with E-state index in [4.69, 9.17) is 17.3 Å². The van der Waals surface area contributed by atoms with Crippen LogP contribution in [0.5, 0.6) is 0 Å². The van der Waals surface area contributed by atoms with E-state index in [1.807, 2.05) is 12.1 Å². The van der Waals surface area contributed by atoms with Crippen molar-refractivity contribution in [2.45, 2.75) is 26.2 Å². The molecule has 0 aliphatic rings. The van der Waals surface area contributed by atoms with E-state index in [0.717, 1.165) is 11.1 Å². The molecule has 2 heterocycles. The highest BCUT2D eigenvalue weighted by molar-refractivity contribution is 6.34. The fourth-order valence-electron chi connectivity index (χ4n) is 3.09. The molecule has 0 atom stereocenters. The topological polar surface area (TPSA) is 89.2 Å². The third-order valence-corrected chi connectivity index (χ3v) is 5.22. The van der Waals surface area contributed by atoms with Crippen LogP contribution in [-0.4, -0.2) is 28.7 Å². The van der Waals surface area contributed by atoms with Gasteiger partial charge in [0.05, 0.1) is 16.4 Å². The molecule has 0 radical (unpaired) electrons. The number of aryl methyl sites for hydroxylation is 1. The Morgan fingerprint density at radius 3 is 2.57 bits per heavy atom. The zero-order valence-corrected chi connectivity index (χ0v) is 17.7. The first-order chi connectivity index (χ1) is 14.4. The van der Waals surface area contributed by atoms with E-state index in [2.05, 4.69) is 9.97 Å². The van der Waals surface area contributed by atoms with Gasteiger partial charge in [0.2, 0.25) is 5.91 Å². The molecule has 2 aromatic heterocycles. The SMILES string of the molecule is CCC(=O)N(C)c1ccc(-c2ccc(C(=O)CCc3cccnc3N)cn2)cc1Cl. The van der Waals surface area contributed by atoms with Crippen molar-refractivity contribution in [1.29, 1.82) is 0 Å². The van der Waals surface area contributed by atoms with Crippen molar-refractivity contribution in [1.82, 2.24) is 9.97 Å². The van der Waals surface area contributed by atoms with Crippen molar-refractivity contribution in [3.05, 3.63) is 71.0 Å². The number of pyridine rings is 2. The second kappa shape index (κ2) is 9.50. The monoisotopic (exact) mass is 422 g/mol. The number of aromatic nitrogens is 2. The number of ketones is 1. The molecule has 0 spiro atoms. The van der Waals surface area contributed by atoms with Gasteiger partial charge in [-0.05, 0) is 42.3 Å². The van der Waals surface area contributed by atoms with Crippen molar-refractivity contribution >= 4 is 34.8 Å². The summed E-state index contributed by atoms with van der Waals surface area (Å²) in [6.07, 6.45) is 4.45. The summed E-state index contributed by atoms with van der Waals surface area (Å²) in [7, 11) is 1.70. The minimum atomic E-state index is -0.0151. The molecular formula is C23H23ClN4O2. The molecule has 0 saturated heterocycles. The molecule has 30 heavy (non-hydrogen) atoms. The second-order valence-electron chi connectivity index (χ2n) is 6.88. The summed E-state index contributed by atoms with van der Waals surface area (Å²) >= 11 is 6.38. The van der Waals surface area contributed by atoms with Crippen LogP contribution in [0.4, 0.5) is 11.5 Å². The minimum absolute atomic E-state index is 0.00890. The van der Waals surface area contributed by atoms with Crippen LogP contribution < -0.4 is 10.6 Å². The van der Waals surface area contributed by atoms with Crippen molar-refractivity contribution in [2.24, 2.45) is 0 Å². The molecule has 1 amide bonds. The van der Waals surface area contributed by atoms with Crippen LogP contribution in [0.2, 0.25) is 5.02 Å². The lowest BCUT2D eigenvalue weighted by molar-refractivity contribution is -0.118. The van der Waals surface area contributed by atoms with Gasteiger partial charge in [-0.1, -0.05) is 30.7 Å². The Kier molecular flexibility index (Phi) is 6.79. The lowest BCUT2D eigenvalue weighted by Gasteiger charge is -2.18. The first-order valence-electron chi connectivity index (χ1n) is 9.65. The van der Waals surface area contributed by atoms with E-state index in [9.17, 15) is 9.59 Å². The van der Waals surface area contributed by atoms with Crippen molar-refractivity contribution in [3.63, 3.8) is 0 Å². The Balaban J connectivity index is 1.71. The number of nitrogens with two attached hydrogens (primary N) is 1. The summed E-state index contributed by atoms with van der Waals surface area (Å²) in [5.74, 6) is 0.425. The quantitative estimate of drug-likeness (QED) is 0.563. The van der Waals surface area contributed by atoms with E-state index >= 15 is 0 Å². The van der Waals surface area contributed by atoms with E-state index in [1.165, 1.54) is 4.90 Å². The highest BCUT2D eigenvalue weighted by Gasteiger charge is 2.14. The molecular weight excluding hydrogens is 400 g/mol. The molecule has 7 heteroatoms. The molecule has 3 aromatic rings. The lowest BCUT2D eigenvalue weighted by atomic mass is 10.0. The molecule has 0 unspecified atom stereocenters. The number of nitrogens with zero attached hydrogens (tertiary/aromatic N) is 3. The Morgan fingerprint density at radius 1 is 1.13 bits per heavy atom. The number of benzene rings is 1. The predicted octanol–water partition coefficient (Wildman–Crippen LogP) is 4.57. The largest absolute Gasteiger partial charge is 0.383 e. The third-order valence-electron chi connectivity index (χ3n) is 4.91. The highest BCUT2D eigenvalue weighted by Crippen LogP contribution is 2.30. The number of carbonyl (C=O) groups is 2. The van der Waals surface area contributed by atoms with Crippen LogP contribution in [0, 0.1) is 0 Å². The summed E-state index contributed by atoms with van der Waals surface area (Å²) in [6, 6.07) is 12.6. The lowest BCUT2D eigenvalue weighted by Crippen LogP contribution is -2.25. The second-order valence-corrected chi connectivity index (χ2v) is 7.28. The number of Topliss-reactive ketones (excluding diaryl/α,β-unsaturated/α-hetero) is 1. The Labute approximate surface area is 180 Å². The summed E-state index contributed by atoms with van der Waals surface area (Å²) in [5.41, 5.74) is 9.38. The first-order valence-corrected chi connectivity index (χ1v) is 10.0. The van der Waals surface area contributed by atoms with Crippen LogP contribution in [0.1, 0.15) is 35.7 Å². The number of hydrogen-bond acceptors (Lipinski definition) is 5. The molecule has 0 aliphatic carbocycles. The number of amides is 1. The highest BCUT2D eigenvalue weighted by atomic mass is 35.5. The fraction of sp³-hybridized carbons (Fsp3) is 0.217. The molecule has 2 N–H and O–H groups in total. The molecule has 6 nitrogen and oxygen atoms in total. The van der Waals surface area contributed by atoms with Crippen LogP contribution in [-0.2, 0) is 11.2 Å². The number of hydrogen-bond donors (Lipinski definition) is 1. The molecule has 0 aliphatic heterocycles. The maximum absolute atomic E-state index is 12.5. The van der Waals surface area contributed by atoms with Crippen molar-refractivity contribution in [3.8, 4) is 11.3 Å². The van der Waals surface area contributed by atoms with E-state index in [-0.39, 0.29) is 11.7 Å². The predicted molar refractivity (Wildman–Crippen MR) is 120 cm³/mol. The first kappa shape index (κ1) is 21.5. The van der Waals surface area contributed by atoms with Crippen LogP contribution in [0.15, 0.2) is 54.9 Å². The number of nitrogen functional groups attached to an aromatic ring is 1. The van der Waals surface area contributed by atoms with Gasteiger partial charge in [-0.25, -0.2) is 4.98 Å². The van der Waals surface area contributed by atoms with E-state index < -0.39 is 0 Å². The zero-order chi connectivity index (χ0) is 21.7. The van der Waals surface area contributed by atoms with Crippen molar-refractivity contribution < 1.29 is 9.59 Å². The number of anilines is 2. The number of carbonyl (C=O) groups excluding carboxylic acids is 2. The number of rotatable bonds is 7. The van der Waals surface area contributed by atoms with Crippen LogP contribution >= 0.6 is 11.6 Å². The van der Waals surface area contributed by atoms with Gasteiger partial charge in [-0.3, -0.25) is 14.6 Å². The Morgan fingerprint density at radius 2 is 1.93 bits per heavy atom. The smallest absolute Gasteiger partial charge is 0.226 e. The van der Waals surface area contributed by atoms with E-state index in [0.29, 0.717) is 47.0 Å². The summed E-state index contributed by atoms with van der Waals surface area (Å²) in [6.45, 7) is 1.81. The minimum Gasteiger partial charge on any atom is -0.383 e. The Bertz CT molecular complexity index is 1070. The Hall–Kier alpha value is -3.25. The van der Waals surface area contributed by atoms with Gasteiger partial charge in [0, 0.05) is 43.4 Å². The third kappa shape index (κ3) is 4.83.